The van der Waals surface area contributed by atoms with E-state index in [1.807, 2.05) is 0 Å². The monoisotopic (exact) mass is 309 g/mol. The fourth-order valence-electron chi connectivity index (χ4n) is 0.698. The van der Waals surface area contributed by atoms with Crippen molar-refractivity contribution in [1.29, 1.82) is 0 Å². The molecular formula is C8H14F3NO6S. The number of alkyl halides is 3. The first kappa shape index (κ1) is 20.0. The maximum Gasteiger partial charge on any atom is 0.490 e. The summed E-state index contributed by atoms with van der Waals surface area (Å²) in [6.45, 7) is 2.32. The van der Waals surface area contributed by atoms with Gasteiger partial charge in [-0.25, -0.2) is 13.2 Å². The third kappa shape index (κ3) is 5.42. The van der Waals surface area contributed by atoms with Crippen LogP contribution in [0.4, 0.5) is 13.2 Å². The highest BCUT2D eigenvalue weighted by Crippen LogP contribution is 2.20. The van der Waals surface area contributed by atoms with Gasteiger partial charge in [0.1, 0.15) is 0 Å². The van der Waals surface area contributed by atoms with Gasteiger partial charge in [0.2, 0.25) is 5.91 Å². The Hall–Kier alpha value is -1.36. The largest absolute Gasteiger partial charge is 0.490 e. The van der Waals surface area contributed by atoms with E-state index in [9.17, 15) is 26.4 Å². The van der Waals surface area contributed by atoms with Gasteiger partial charge in [-0.3, -0.25) is 4.79 Å². The zero-order chi connectivity index (χ0) is 16.2. The molecule has 0 saturated heterocycles. The molecule has 0 radical (unpaired) electrons. The van der Waals surface area contributed by atoms with Crippen molar-refractivity contribution >= 4 is 21.7 Å². The number of carbonyl (C=O) groups is 2. The summed E-state index contributed by atoms with van der Waals surface area (Å²) in [6.07, 6.45) is -5.53. The molecule has 0 saturated carbocycles. The first-order chi connectivity index (χ1) is 8.08. The molecule has 0 aromatic rings. The molecule has 0 aliphatic heterocycles. The van der Waals surface area contributed by atoms with Crippen molar-refractivity contribution in [3.8, 4) is 0 Å². The molecule has 0 aromatic heterocycles. The van der Waals surface area contributed by atoms with Crippen LogP contribution in [0.1, 0.15) is 13.8 Å². The van der Waals surface area contributed by atoms with E-state index < -0.39 is 38.7 Å². The van der Waals surface area contributed by atoms with E-state index in [1.54, 1.807) is 0 Å². The number of aliphatic hydroxyl groups is 1. The van der Waals surface area contributed by atoms with Gasteiger partial charge in [-0.05, 0) is 13.8 Å². The molecule has 19 heavy (non-hydrogen) atoms. The predicted octanol–water partition coefficient (Wildman–Crippen LogP) is -0.711. The van der Waals surface area contributed by atoms with Crippen LogP contribution >= 0.6 is 0 Å². The molecule has 0 spiro atoms. The zero-order valence-electron chi connectivity index (χ0n) is 10.2. The zero-order valence-corrected chi connectivity index (χ0v) is 11.0. The van der Waals surface area contributed by atoms with Gasteiger partial charge in [-0.2, -0.15) is 13.2 Å². The van der Waals surface area contributed by atoms with Crippen LogP contribution in [0.15, 0.2) is 0 Å². The molecule has 2 unspecified atom stereocenters. The van der Waals surface area contributed by atoms with Crippen LogP contribution in [0.2, 0.25) is 0 Å². The highest BCUT2D eigenvalue weighted by atomic mass is 32.2. The SMILES string of the molecule is CC(O)C(C)(C(N)=O)S(C)(=O)=O.O=C(O)C(F)(F)F. The molecule has 11 heteroatoms. The lowest BCUT2D eigenvalue weighted by Crippen LogP contribution is -2.54. The van der Waals surface area contributed by atoms with Crippen LogP contribution < -0.4 is 5.73 Å². The molecule has 0 aromatic carbocycles. The van der Waals surface area contributed by atoms with Gasteiger partial charge in [0, 0.05) is 6.26 Å². The summed E-state index contributed by atoms with van der Waals surface area (Å²) in [5.74, 6) is -3.80. The maximum atomic E-state index is 11.1. The third-order valence-corrected chi connectivity index (χ3v) is 4.38. The van der Waals surface area contributed by atoms with Crippen molar-refractivity contribution in [2.75, 3.05) is 6.26 Å². The van der Waals surface area contributed by atoms with Crippen molar-refractivity contribution in [2.45, 2.75) is 30.9 Å². The Bertz CT molecular complexity index is 444. The molecular weight excluding hydrogens is 295 g/mol. The summed E-state index contributed by atoms with van der Waals surface area (Å²) < 4.78 is 52.0. The number of halogens is 3. The van der Waals surface area contributed by atoms with E-state index in [0.717, 1.165) is 13.2 Å². The second kappa shape index (κ2) is 6.19. The molecule has 0 aliphatic carbocycles. The molecule has 0 aliphatic rings. The van der Waals surface area contributed by atoms with Gasteiger partial charge >= 0.3 is 12.1 Å². The van der Waals surface area contributed by atoms with Gasteiger partial charge < -0.3 is 15.9 Å². The van der Waals surface area contributed by atoms with E-state index in [4.69, 9.17) is 20.7 Å². The van der Waals surface area contributed by atoms with Crippen LogP contribution in [0.5, 0.6) is 0 Å². The molecule has 0 rings (SSSR count). The fraction of sp³-hybridized carbons (Fsp3) is 0.750. The van der Waals surface area contributed by atoms with E-state index in [0.29, 0.717) is 0 Å². The second-order valence-electron chi connectivity index (χ2n) is 3.72. The molecule has 1 amide bonds. The molecule has 7 nitrogen and oxygen atoms in total. The molecule has 0 fully saturated rings. The molecule has 0 heterocycles. The van der Waals surface area contributed by atoms with Crippen LogP contribution in [0.3, 0.4) is 0 Å². The number of primary amides is 1. The van der Waals surface area contributed by atoms with Crippen molar-refractivity contribution in [2.24, 2.45) is 5.73 Å². The van der Waals surface area contributed by atoms with Crippen molar-refractivity contribution in [3.05, 3.63) is 0 Å². The standard InChI is InChI=1S/C6H13NO4S.C2HF3O2/c1-4(8)6(2,5(7)9)12(3,10)11;3-2(4,5)1(6)7/h4,8H,1-3H3,(H2,7,9);(H,6,7). The number of carboxylic acid groups (broad SMARTS) is 1. The Morgan fingerprint density at radius 2 is 1.53 bits per heavy atom. The maximum absolute atomic E-state index is 11.1. The van der Waals surface area contributed by atoms with Crippen molar-refractivity contribution < 1.29 is 41.4 Å². The Labute approximate surface area is 107 Å². The quantitative estimate of drug-likeness (QED) is 0.630. The molecule has 114 valence electrons. The van der Waals surface area contributed by atoms with Gasteiger partial charge in [0.25, 0.3) is 0 Å². The Kier molecular flexibility index (Phi) is 6.51. The van der Waals surface area contributed by atoms with E-state index in [2.05, 4.69) is 0 Å². The number of rotatable bonds is 3. The summed E-state index contributed by atoms with van der Waals surface area (Å²) in [5, 5.41) is 16.2. The summed E-state index contributed by atoms with van der Waals surface area (Å²) in [4.78, 5) is 19.7. The number of amides is 1. The van der Waals surface area contributed by atoms with E-state index in [-0.39, 0.29) is 0 Å². The first-order valence-corrected chi connectivity index (χ1v) is 6.45. The molecule has 0 bridgehead atoms. The average molecular weight is 309 g/mol. The minimum Gasteiger partial charge on any atom is -0.475 e. The van der Waals surface area contributed by atoms with Gasteiger partial charge in [0.05, 0.1) is 6.10 Å². The van der Waals surface area contributed by atoms with Crippen LogP contribution in [-0.2, 0) is 19.4 Å². The number of sulfone groups is 1. The van der Waals surface area contributed by atoms with Crippen molar-refractivity contribution in [3.63, 3.8) is 0 Å². The van der Waals surface area contributed by atoms with E-state index >= 15 is 0 Å². The minimum atomic E-state index is -5.08. The van der Waals surface area contributed by atoms with Gasteiger partial charge in [-0.1, -0.05) is 0 Å². The summed E-state index contributed by atoms with van der Waals surface area (Å²) >= 11 is 0. The fourth-order valence-corrected chi connectivity index (χ4v) is 1.68. The number of hydrogen-bond donors (Lipinski definition) is 3. The number of hydrogen-bond acceptors (Lipinski definition) is 5. The first-order valence-electron chi connectivity index (χ1n) is 4.56. The van der Waals surface area contributed by atoms with Gasteiger partial charge in [0.15, 0.2) is 14.6 Å². The molecule has 4 N–H and O–H groups in total. The normalized spacial score (nSPS) is 16.6. The number of nitrogens with two attached hydrogens (primary N) is 1. The van der Waals surface area contributed by atoms with Crippen LogP contribution in [0.25, 0.3) is 0 Å². The van der Waals surface area contributed by atoms with Crippen LogP contribution in [0, 0.1) is 0 Å². The van der Waals surface area contributed by atoms with E-state index in [1.165, 1.54) is 6.92 Å². The van der Waals surface area contributed by atoms with Crippen LogP contribution in [-0.4, -0.2) is 53.8 Å². The number of aliphatic hydroxyl groups excluding tert-OH is 1. The molecule has 2 atom stereocenters. The number of aliphatic carboxylic acids is 1. The van der Waals surface area contributed by atoms with Gasteiger partial charge in [-0.15, -0.1) is 0 Å². The smallest absolute Gasteiger partial charge is 0.475 e. The predicted molar refractivity (Wildman–Crippen MR) is 57.8 cm³/mol. The Morgan fingerprint density at radius 3 is 1.53 bits per heavy atom. The summed E-state index contributed by atoms with van der Waals surface area (Å²) in [7, 11) is -3.69. The highest BCUT2D eigenvalue weighted by Gasteiger charge is 2.46. The summed E-state index contributed by atoms with van der Waals surface area (Å²) in [6, 6.07) is 0. The lowest BCUT2D eigenvalue weighted by atomic mass is 10.1. The number of carboxylic acids is 1. The average Bonchev–Trinajstić information content (AvgIpc) is 2.13. The highest BCUT2D eigenvalue weighted by molar-refractivity contribution is 7.92. The Balaban J connectivity index is 0. The topological polar surface area (TPSA) is 135 Å². The minimum absolute atomic E-state index is 0.866. The lowest BCUT2D eigenvalue weighted by molar-refractivity contribution is -0.192. The lowest BCUT2D eigenvalue weighted by Gasteiger charge is -2.26. The third-order valence-electron chi connectivity index (χ3n) is 2.30. The summed E-state index contributed by atoms with van der Waals surface area (Å²) in [5.41, 5.74) is 4.88. The number of carbonyl (C=O) groups excluding carboxylic acids is 1. The second-order valence-corrected chi connectivity index (χ2v) is 6.11. The Morgan fingerprint density at radius 1 is 1.26 bits per heavy atom. The van der Waals surface area contributed by atoms with Crippen molar-refractivity contribution in [1.82, 2.24) is 0 Å².